The molecular formula is C26H27N3O4. The van der Waals surface area contributed by atoms with E-state index in [1.54, 1.807) is 20.3 Å². The second-order valence-electron chi connectivity index (χ2n) is 7.81. The van der Waals surface area contributed by atoms with Crippen molar-refractivity contribution < 1.29 is 19.1 Å². The van der Waals surface area contributed by atoms with Gasteiger partial charge in [0.15, 0.2) is 11.5 Å². The van der Waals surface area contributed by atoms with Crippen LogP contribution in [0.2, 0.25) is 0 Å². The van der Waals surface area contributed by atoms with Crippen LogP contribution in [0, 0.1) is 0 Å². The molecule has 7 heteroatoms. The Balaban J connectivity index is 1.40. The zero-order chi connectivity index (χ0) is 23.2. The molecule has 4 rings (SSSR count). The molecule has 7 nitrogen and oxygen atoms in total. The molecule has 33 heavy (non-hydrogen) atoms. The van der Waals surface area contributed by atoms with E-state index in [2.05, 4.69) is 10.6 Å². The van der Waals surface area contributed by atoms with Crippen LogP contribution in [0.5, 0.6) is 11.5 Å². The minimum Gasteiger partial charge on any atom is -0.493 e. The van der Waals surface area contributed by atoms with Crippen LogP contribution in [0.3, 0.4) is 0 Å². The Labute approximate surface area is 193 Å². The topological polar surface area (TPSA) is 79.9 Å². The fourth-order valence-corrected chi connectivity index (χ4v) is 3.93. The third-order valence-corrected chi connectivity index (χ3v) is 5.62. The van der Waals surface area contributed by atoms with E-state index in [9.17, 15) is 9.59 Å². The van der Waals surface area contributed by atoms with Crippen molar-refractivity contribution in [2.45, 2.75) is 25.9 Å². The third kappa shape index (κ3) is 5.26. The minimum atomic E-state index is -0.308. The van der Waals surface area contributed by atoms with E-state index in [0.29, 0.717) is 43.1 Å². The molecule has 0 spiro atoms. The molecule has 0 aliphatic carbocycles. The van der Waals surface area contributed by atoms with Gasteiger partial charge in [-0.2, -0.15) is 0 Å². The summed E-state index contributed by atoms with van der Waals surface area (Å²) < 4.78 is 10.5. The number of amides is 3. The van der Waals surface area contributed by atoms with Gasteiger partial charge in [-0.1, -0.05) is 36.4 Å². The van der Waals surface area contributed by atoms with Crippen LogP contribution in [0.1, 0.15) is 23.1 Å². The lowest BCUT2D eigenvalue weighted by molar-refractivity contribution is -0.119. The first-order chi connectivity index (χ1) is 16.1. The van der Waals surface area contributed by atoms with Crippen LogP contribution in [-0.2, 0) is 24.3 Å². The van der Waals surface area contributed by atoms with Crippen LogP contribution >= 0.6 is 0 Å². The van der Waals surface area contributed by atoms with Gasteiger partial charge in [0.05, 0.1) is 20.8 Å². The average Bonchev–Trinajstić information content (AvgIpc) is 2.85. The van der Waals surface area contributed by atoms with E-state index in [1.165, 1.54) is 0 Å². The summed E-state index contributed by atoms with van der Waals surface area (Å²) in [7, 11) is 3.16. The molecule has 0 saturated carbocycles. The number of urea groups is 1. The smallest absolute Gasteiger partial charge is 0.319 e. The first-order valence-corrected chi connectivity index (χ1v) is 10.8. The van der Waals surface area contributed by atoms with Gasteiger partial charge in [0.2, 0.25) is 5.91 Å². The van der Waals surface area contributed by atoms with Crippen LogP contribution < -0.4 is 25.0 Å². The molecule has 3 aromatic carbocycles. The van der Waals surface area contributed by atoms with Gasteiger partial charge in [0.1, 0.15) is 0 Å². The molecule has 0 unspecified atom stereocenters. The highest BCUT2D eigenvalue weighted by Crippen LogP contribution is 2.31. The molecule has 0 radical (unpaired) electrons. The molecule has 1 aliphatic heterocycles. The van der Waals surface area contributed by atoms with Crippen molar-refractivity contribution in [1.29, 1.82) is 0 Å². The monoisotopic (exact) mass is 445 g/mol. The maximum absolute atomic E-state index is 12.6. The Bertz CT molecular complexity index is 1150. The summed E-state index contributed by atoms with van der Waals surface area (Å²) in [6.45, 7) is 0.877. The number of hydrogen-bond acceptors (Lipinski definition) is 4. The Kier molecular flexibility index (Phi) is 6.78. The van der Waals surface area contributed by atoms with Gasteiger partial charge in [0, 0.05) is 24.3 Å². The number of nitrogens with zero attached hydrogens (tertiary/aromatic N) is 1. The van der Waals surface area contributed by atoms with E-state index in [-0.39, 0.29) is 11.9 Å². The molecule has 3 aromatic rings. The SMILES string of the molecule is COc1ccc(CNC(=O)Nc2ccc3c(c2)CCC(=O)N3Cc2ccccc2)cc1OC. The van der Waals surface area contributed by atoms with Crippen molar-refractivity contribution in [3.8, 4) is 11.5 Å². The Hall–Kier alpha value is -4.00. The van der Waals surface area contributed by atoms with Crippen molar-refractivity contribution >= 4 is 23.3 Å². The highest BCUT2D eigenvalue weighted by atomic mass is 16.5. The summed E-state index contributed by atoms with van der Waals surface area (Å²) >= 11 is 0. The van der Waals surface area contributed by atoms with Crippen LogP contribution in [0.4, 0.5) is 16.2 Å². The molecule has 1 heterocycles. The maximum atomic E-state index is 12.6. The van der Waals surface area contributed by atoms with Crippen molar-refractivity contribution in [2.75, 3.05) is 24.4 Å². The molecule has 0 bridgehead atoms. The zero-order valence-electron chi connectivity index (χ0n) is 18.8. The van der Waals surface area contributed by atoms with Gasteiger partial charge in [-0.3, -0.25) is 4.79 Å². The van der Waals surface area contributed by atoms with Gasteiger partial charge in [-0.05, 0) is 53.4 Å². The zero-order valence-corrected chi connectivity index (χ0v) is 18.8. The van der Waals surface area contributed by atoms with Crippen molar-refractivity contribution in [1.82, 2.24) is 5.32 Å². The first kappa shape index (κ1) is 22.2. The van der Waals surface area contributed by atoms with Crippen molar-refractivity contribution in [3.05, 3.63) is 83.4 Å². The maximum Gasteiger partial charge on any atom is 0.319 e. The highest BCUT2D eigenvalue weighted by molar-refractivity contribution is 5.97. The largest absolute Gasteiger partial charge is 0.493 e. The molecule has 0 fully saturated rings. The minimum absolute atomic E-state index is 0.111. The van der Waals surface area contributed by atoms with E-state index in [1.807, 2.05) is 65.6 Å². The Morgan fingerprint density at radius 1 is 0.909 bits per heavy atom. The normalized spacial score (nSPS) is 12.7. The predicted molar refractivity (Wildman–Crippen MR) is 128 cm³/mol. The van der Waals surface area contributed by atoms with Crippen molar-refractivity contribution in [2.24, 2.45) is 0 Å². The average molecular weight is 446 g/mol. The second kappa shape index (κ2) is 10.1. The number of hydrogen-bond donors (Lipinski definition) is 2. The van der Waals surface area contributed by atoms with Gasteiger partial charge in [0.25, 0.3) is 0 Å². The lowest BCUT2D eigenvalue weighted by Crippen LogP contribution is -2.34. The number of anilines is 2. The van der Waals surface area contributed by atoms with E-state index < -0.39 is 0 Å². The van der Waals surface area contributed by atoms with Crippen LogP contribution in [-0.4, -0.2) is 26.2 Å². The number of ether oxygens (including phenoxy) is 2. The summed E-state index contributed by atoms with van der Waals surface area (Å²) in [4.78, 5) is 26.8. The molecule has 170 valence electrons. The molecular weight excluding hydrogens is 418 g/mol. The molecule has 1 aliphatic rings. The summed E-state index contributed by atoms with van der Waals surface area (Å²) in [5.41, 5.74) is 4.60. The Morgan fingerprint density at radius 3 is 2.45 bits per heavy atom. The quantitative estimate of drug-likeness (QED) is 0.561. The van der Waals surface area contributed by atoms with Gasteiger partial charge in [-0.15, -0.1) is 0 Å². The summed E-state index contributed by atoms with van der Waals surface area (Å²) in [6.07, 6.45) is 1.11. The lowest BCUT2D eigenvalue weighted by Gasteiger charge is -2.30. The van der Waals surface area contributed by atoms with Gasteiger partial charge in [-0.25, -0.2) is 4.79 Å². The van der Waals surface area contributed by atoms with E-state index >= 15 is 0 Å². The number of rotatable bonds is 7. The number of nitrogens with one attached hydrogen (secondary N) is 2. The molecule has 0 atom stereocenters. The van der Waals surface area contributed by atoms with Crippen LogP contribution in [0.15, 0.2) is 66.7 Å². The van der Waals surface area contributed by atoms with E-state index in [4.69, 9.17) is 9.47 Å². The number of methoxy groups -OCH3 is 2. The van der Waals surface area contributed by atoms with Crippen molar-refractivity contribution in [3.63, 3.8) is 0 Å². The summed E-state index contributed by atoms with van der Waals surface area (Å²) in [6, 6.07) is 20.8. The lowest BCUT2D eigenvalue weighted by atomic mass is 9.99. The number of aryl methyl sites for hydroxylation is 1. The Morgan fingerprint density at radius 2 is 1.70 bits per heavy atom. The highest BCUT2D eigenvalue weighted by Gasteiger charge is 2.24. The summed E-state index contributed by atoms with van der Waals surface area (Å²) in [5, 5.41) is 5.73. The standard InChI is InChI=1S/C26H27N3O4/c1-32-23-12-8-19(14-24(23)33-2)16-27-26(31)28-21-10-11-22-20(15-21)9-13-25(30)29(22)17-18-6-4-3-5-7-18/h3-8,10-12,14-15H,9,13,16-17H2,1-2H3,(H2,27,28,31). The first-order valence-electron chi connectivity index (χ1n) is 10.8. The third-order valence-electron chi connectivity index (χ3n) is 5.62. The fourth-order valence-electron chi connectivity index (χ4n) is 3.93. The second-order valence-corrected chi connectivity index (χ2v) is 7.81. The molecule has 2 N–H and O–H groups in total. The number of carbonyl (C=O) groups excluding carboxylic acids is 2. The van der Waals surface area contributed by atoms with E-state index in [0.717, 1.165) is 22.4 Å². The van der Waals surface area contributed by atoms with Gasteiger partial charge >= 0.3 is 6.03 Å². The number of carbonyl (C=O) groups is 2. The van der Waals surface area contributed by atoms with Crippen LogP contribution in [0.25, 0.3) is 0 Å². The molecule has 0 aromatic heterocycles. The fraction of sp³-hybridized carbons (Fsp3) is 0.231. The molecule has 3 amide bonds. The number of benzene rings is 3. The predicted octanol–water partition coefficient (Wildman–Crippen LogP) is 4.50. The molecule has 0 saturated heterocycles. The summed E-state index contributed by atoms with van der Waals surface area (Å²) in [5.74, 6) is 1.36. The van der Waals surface area contributed by atoms with Gasteiger partial charge < -0.3 is 25.0 Å². The number of fused-ring (bicyclic) bond motifs is 1.